The topological polar surface area (TPSA) is 46.5 Å². The van der Waals surface area contributed by atoms with Crippen LogP contribution in [0.5, 0.6) is 5.75 Å². The highest BCUT2D eigenvalue weighted by atomic mass is 19.4. The maximum atomic E-state index is 12.6. The van der Waals surface area contributed by atoms with Crippen LogP contribution in [0.3, 0.4) is 0 Å². The third kappa shape index (κ3) is 3.64. The molecule has 0 amide bonds. The van der Waals surface area contributed by atoms with Gasteiger partial charge in [0.15, 0.2) is 0 Å². The smallest absolute Gasteiger partial charge is 0.416 e. The van der Waals surface area contributed by atoms with Gasteiger partial charge < -0.3 is 9.84 Å². The van der Waals surface area contributed by atoms with Crippen molar-refractivity contribution >= 4 is 5.97 Å². The predicted molar refractivity (Wildman–Crippen MR) is 79.5 cm³/mol. The van der Waals surface area contributed by atoms with Gasteiger partial charge >= 0.3 is 12.1 Å². The number of hydrogen-bond donors (Lipinski definition) is 1. The zero-order valence-corrected chi connectivity index (χ0v) is 12.5. The first-order chi connectivity index (χ1) is 10.7. The SMILES string of the molecule is COc1ccc(C(C)C(=O)O)cc1-c1ccc(C(F)(F)F)cc1. The Bertz CT molecular complexity index is 706. The fraction of sp³-hybridized carbons (Fsp3) is 0.235. The van der Waals surface area contributed by atoms with E-state index in [1.165, 1.54) is 19.2 Å². The lowest BCUT2D eigenvalue weighted by Gasteiger charge is -2.14. The molecule has 23 heavy (non-hydrogen) atoms. The second kappa shape index (κ2) is 6.32. The van der Waals surface area contributed by atoms with Crippen molar-refractivity contribution in [2.75, 3.05) is 7.11 Å². The van der Waals surface area contributed by atoms with Crippen molar-refractivity contribution in [3.63, 3.8) is 0 Å². The Hall–Kier alpha value is -2.50. The van der Waals surface area contributed by atoms with E-state index >= 15 is 0 Å². The number of rotatable bonds is 4. The van der Waals surface area contributed by atoms with Crippen LogP contribution in [0.4, 0.5) is 13.2 Å². The minimum atomic E-state index is -4.40. The van der Waals surface area contributed by atoms with Crippen LogP contribution < -0.4 is 4.74 Å². The molecule has 0 heterocycles. The molecule has 3 nitrogen and oxygen atoms in total. The number of ether oxygens (including phenoxy) is 1. The van der Waals surface area contributed by atoms with E-state index in [1.54, 1.807) is 25.1 Å². The van der Waals surface area contributed by atoms with Crippen molar-refractivity contribution in [2.24, 2.45) is 0 Å². The van der Waals surface area contributed by atoms with Gasteiger partial charge in [-0.1, -0.05) is 18.2 Å². The molecule has 1 N–H and O–H groups in total. The molecule has 122 valence electrons. The van der Waals surface area contributed by atoms with Crippen LogP contribution >= 0.6 is 0 Å². The average molecular weight is 324 g/mol. The van der Waals surface area contributed by atoms with Crippen LogP contribution in [0, 0.1) is 0 Å². The van der Waals surface area contributed by atoms with E-state index in [0.717, 1.165) is 12.1 Å². The van der Waals surface area contributed by atoms with Gasteiger partial charge in [-0.2, -0.15) is 13.2 Å². The summed E-state index contributed by atoms with van der Waals surface area (Å²) in [6.07, 6.45) is -4.40. The lowest BCUT2D eigenvalue weighted by molar-refractivity contribution is -0.138. The summed E-state index contributed by atoms with van der Waals surface area (Å²) in [5, 5.41) is 9.09. The molecule has 0 aromatic heterocycles. The molecule has 0 saturated carbocycles. The fourth-order valence-corrected chi connectivity index (χ4v) is 2.20. The van der Waals surface area contributed by atoms with Gasteiger partial charge in [0, 0.05) is 5.56 Å². The minimum Gasteiger partial charge on any atom is -0.496 e. The molecular formula is C17H15F3O3. The lowest BCUT2D eigenvalue weighted by Crippen LogP contribution is -2.07. The lowest BCUT2D eigenvalue weighted by atomic mass is 9.95. The molecule has 0 aliphatic rings. The van der Waals surface area contributed by atoms with E-state index in [-0.39, 0.29) is 0 Å². The third-order valence-electron chi connectivity index (χ3n) is 3.62. The molecule has 0 aliphatic heterocycles. The Labute approximate surface area is 131 Å². The predicted octanol–water partition coefficient (Wildman–Crippen LogP) is 4.57. The summed E-state index contributed by atoms with van der Waals surface area (Å²) in [6.45, 7) is 1.54. The second-order valence-corrected chi connectivity index (χ2v) is 5.09. The molecule has 1 atom stereocenters. The maximum Gasteiger partial charge on any atom is 0.416 e. The number of carboxylic acid groups (broad SMARTS) is 1. The molecule has 0 saturated heterocycles. The fourth-order valence-electron chi connectivity index (χ4n) is 2.20. The minimum absolute atomic E-state index is 0.464. The van der Waals surface area contributed by atoms with E-state index in [0.29, 0.717) is 22.4 Å². The summed E-state index contributed by atoms with van der Waals surface area (Å²) < 4.78 is 43.1. The van der Waals surface area contributed by atoms with Gasteiger partial charge in [-0.25, -0.2) is 0 Å². The summed E-state index contributed by atoms with van der Waals surface area (Å²) >= 11 is 0. The molecule has 0 fully saturated rings. The second-order valence-electron chi connectivity index (χ2n) is 5.09. The molecule has 0 aliphatic carbocycles. The normalized spacial score (nSPS) is 12.7. The number of carbonyl (C=O) groups is 1. The Morgan fingerprint density at radius 3 is 2.22 bits per heavy atom. The number of hydrogen-bond acceptors (Lipinski definition) is 2. The molecule has 6 heteroatoms. The maximum absolute atomic E-state index is 12.6. The van der Waals surface area contributed by atoms with Crippen LogP contribution in [0.15, 0.2) is 42.5 Å². The average Bonchev–Trinajstić information content (AvgIpc) is 2.52. The number of alkyl halides is 3. The van der Waals surface area contributed by atoms with Gasteiger partial charge in [-0.3, -0.25) is 4.79 Å². The third-order valence-corrected chi connectivity index (χ3v) is 3.62. The number of halogens is 3. The van der Waals surface area contributed by atoms with Gasteiger partial charge in [0.05, 0.1) is 18.6 Å². The molecular weight excluding hydrogens is 309 g/mol. The van der Waals surface area contributed by atoms with E-state index in [2.05, 4.69) is 0 Å². The van der Waals surface area contributed by atoms with Crippen LogP contribution in [0.1, 0.15) is 24.0 Å². The van der Waals surface area contributed by atoms with E-state index in [1.807, 2.05) is 0 Å². The first-order valence-electron chi connectivity index (χ1n) is 6.82. The van der Waals surface area contributed by atoms with E-state index < -0.39 is 23.6 Å². The van der Waals surface area contributed by atoms with Gasteiger partial charge in [0.25, 0.3) is 0 Å². The van der Waals surface area contributed by atoms with Crippen LogP contribution in [0.2, 0.25) is 0 Å². The van der Waals surface area contributed by atoms with Crippen LogP contribution in [-0.2, 0) is 11.0 Å². The molecule has 0 radical (unpaired) electrons. The zero-order valence-electron chi connectivity index (χ0n) is 12.5. The highest BCUT2D eigenvalue weighted by molar-refractivity contribution is 5.78. The Balaban J connectivity index is 2.48. The van der Waals surface area contributed by atoms with Gasteiger partial charge in [-0.05, 0) is 42.3 Å². The van der Waals surface area contributed by atoms with Crippen molar-refractivity contribution in [1.29, 1.82) is 0 Å². The number of methoxy groups -OCH3 is 1. The monoisotopic (exact) mass is 324 g/mol. The highest BCUT2D eigenvalue weighted by Gasteiger charge is 2.30. The molecule has 0 bridgehead atoms. The van der Waals surface area contributed by atoms with Crippen molar-refractivity contribution in [2.45, 2.75) is 19.0 Å². The number of carboxylic acids is 1. The van der Waals surface area contributed by atoms with Crippen LogP contribution in [0.25, 0.3) is 11.1 Å². The first-order valence-corrected chi connectivity index (χ1v) is 6.82. The first kappa shape index (κ1) is 16.9. The summed E-state index contributed by atoms with van der Waals surface area (Å²) in [7, 11) is 1.45. The zero-order chi connectivity index (χ0) is 17.2. The van der Waals surface area contributed by atoms with Gasteiger partial charge in [-0.15, -0.1) is 0 Å². The molecule has 1 unspecified atom stereocenters. The largest absolute Gasteiger partial charge is 0.496 e. The Morgan fingerprint density at radius 1 is 1.13 bits per heavy atom. The molecule has 2 rings (SSSR count). The summed E-state index contributed by atoms with van der Waals surface area (Å²) in [4.78, 5) is 11.1. The molecule has 2 aromatic rings. The Kier molecular flexibility index (Phi) is 4.63. The highest BCUT2D eigenvalue weighted by Crippen LogP contribution is 2.35. The Morgan fingerprint density at radius 2 is 1.74 bits per heavy atom. The summed E-state index contributed by atoms with van der Waals surface area (Å²) in [6, 6.07) is 9.53. The van der Waals surface area contributed by atoms with Gasteiger partial charge in [0.2, 0.25) is 0 Å². The molecule has 2 aromatic carbocycles. The molecule has 0 spiro atoms. The van der Waals surface area contributed by atoms with Crippen molar-refractivity contribution in [3.8, 4) is 16.9 Å². The van der Waals surface area contributed by atoms with E-state index in [4.69, 9.17) is 9.84 Å². The summed E-state index contributed by atoms with van der Waals surface area (Å²) in [5.74, 6) is -1.24. The van der Waals surface area contributed by atoms with Crippen molar-refractivity contribution < 1.29 is 27.8 Å². The number of aliphatic carboxylic acids is 1. The standard InChI is InChI=1S/C17H15F3O3/c1-10(16(21)22)12-5-8-15(23-2)14(9-12)11-3-6-13(7-4-11)17(18,19)20/h3-10H,1-2H3,(H,21,22). The van der Waals surface area contributed by atoms with Crippen molar-refractivity contribution in [1.82, 2.24) is 0 Å². The van der Waals surface area contributed by atoms with E-state index in [9.17, 15) is 18.0 Å². The quantitative estimate of drug-likeness (QED) is 0.896. The van der Waals surface area contributed by atoms with Gasteiger partial charge in [0.1, 0.15) is 5.75 Å². The van der Waals surface area contributed by atoms with Crippen LogP contribution in [-0.4, -0.2) is 18.2 Å². The van der Waals surface area contributed by atoms with Crippen molar-refractivity contribution in [3.05, 3.63) is 53.6 Å². The number of benzene rings is 2. The summed E-state index contributed by atoms with van der Waals surface area (Å²) in [5.41, 5.74) is 0.879.